The number of piperidine rings is 1. The minimum absolute atomic E-state index is 0.0482. The highest BCUT2D eigenvalue weighted by Crippen LogP contribution is 2.32. The molecular weight excluding hydrogens is 552 g/mol. The van der Waals surface area contributed by atoms with Gasteiger partial charge in [-0.15, -0.1) is 0 Å². The number of carbonyl (C=O) groups is 4. The average Bonchev–Trinajstić information content (AvgIpc) is 3.34. The van der Waals surface area contributed by atoms with Crippen LogP contribution in [-0.4, -0.2) is 74.7 Å². The smallest absolute Gasteiger partial charge is 0.255 e. The number of benzene rings is 2. The zero-order chi connectivity index (χ0) is 30.4. The van der Waals surface area contributed by atoms with Gasteiger partial charge in [0.15, 0.2) is 0 Å². The Morgan fingerprint density at radius 1 is 0.977 bits per heavy atom. The van der Waals surface area contributed by atoms with Gasteiger partial charge in [-0.2, -0.15) is 0 Å². The molecule has 0 aliphatic carbocycles. The molecule has 232 valence electrons. The molecule has 1 saturated heterocycles. The second-order valence-corrected chi connectivity index (χ2v) is 10.7. The number of nitrogens with zero attached hydrogens (tertiary/aromatic N) is 1. The Kier molecular flexibility index (Phi) is 12.4. The summed E-state index contributed by atoms with van der Waals surface area (Å²) in [5, 5.41) is 8.42. The van der Waals surface area contributed by atoms with E-state index in [-0.39, 0.29) is 24.3 Å². The lowest BCUT2D eigenvalue weighted by Crippen LogP contribution is -2.52. The highest BCUT2D eigenvalue weighted by molar-refractivity contribution is 6.06. The van der Waals surface area contributed by atoms with E-state index in [9.17, 15) is 19.2 Å². The summed E-state index contributed by atoms with van der Waals surface area (Å²) in [7, 11) is 0. The third-order valence-electron chi connectivity index (χ3n) is 7.64. The van der Waals surface area contributed by atoms with E-state index in [2.05, 4.69) is 16.0 Å². The van der Waals surface area contributed by atoms with E-state index in [0.717, 1.165) is 48.2 Å². The summed E-state index contributed by atoms with van der Waals surface area (Å²) in [6.07, 6.45) is 5.37. The van der Waals surface area contributed by atoms with Gasteiger partial charge in [0.05, 0.1) is 32.5 Å². The van der Waals surface area contributed by atoms with Crippen molar-refractivity contribution < 1.29 is 33.4 Å². The number of carbonyl (C=O) groups excluding carboxylic acids is 4. The Morgan fingerprint density at radius 2 is 1.74 bits per heavy atom. The summed E-state index contributed by atoms with van der Waals surface area (Å²) in [5.41, 5.74) is 3.31. The van der Waals surface area contributed by atoms with E-state index in [1.165, 1.54) is 0 Å². The number of ether oxygens (including phenoxy) is 3. The Labute approximate surface area is 252 Å². The Morgan fingerprint density at radius 3 is 2.53 bits per heavy atom. The summed E-state index contributed by atoms with van der Waals surface area (Å²) >= 11 is 0. The van der Waals surface area contributed by atoms with Gasteiger partial charge in [0.2, 0.25) is 18.2 Å². The van der Waals surface area contributed by atoms with Crippen LogP contribution in [0.15, 0.2) is 42.5 Å². The van der Waals surface area contributed by atoms with E-state index in [4.69, 9.17) is 14.2 Å². The molecule has 2 unspecified atom stereocenters. The molecule has 1 fully saturated rings. The van der Waals surface area contributed by atoms with Gasteiger partial charge in [0, 0.05) is 42.9 Å². The predicted molar refractivity (Wildman–Crippen MR) is 161 cm³/mol. The van der Waals surface area contributed by atoms with Crippen LogP contribution in [0.4, 0.5) is 5.69 Å². The summed E-state index contributed by atoms with van der Waals surface area (Å²) in [5.74, 6) is -0.0751. The highest BCUT2D eigenvalue weighted by atomic mass is 16.5. The van der Waals surface area contributed by atoms with Crippen LogP contribution in [0.3, 0.4) is 0 Å². The predicted octanol–water partition coefficient (Wildman–Crippen LogP) is 3.34. The molecule has 2 aliphatic rings. The van der Waals surface area contributed by atoms with E-state index in [0.29, 0.717) is 64.5 Å². The largest absolute Gasteiger partial charge is 0.494 e. The maximum absolute atomic E-state index is 12.9. The Bertz CT molecular complexity index is 1250. The standard InChI is InChI=1S/C32H42N4O7/c1-23(34-22-37)24-8-6-9-25(20-24)43-16-5-3-2-4-15-41-18-19-42-17-14-33-28-11-7-10-26-27(28)21-36(32(26)40)29-12-13-30(38)35-31(29)39/h6-11,20,22-23,29,33H,2-5,12-19,21H2,1H3,(H,34,37)(H,35,38,39). The Hall–Kier alpha value is -3.96. The van der Waals surface area contributed by atoms with Gasteiger partial charge in [-0.05, 0) is 62.4 Å². The molecule has 2 atom stereocenters. The maximum atomic E-state index is 12.9. The second kappa shape index (κ2) is 16.6. The van der Waals surface area contributed by atoms with Crippen molar-refractivity contribution in [1.29, 1.82) is 0 Å². The van der Waals surface area contributed by atoms with Crippen molar-refractivity contribution >= 4 is 29.8 Å². The van der Waals surface area contributed by atoms with Crippen molar-refractivity contribution in [2.45, 2.75) is 64.1 Å². The molecule has 2 heterocycles. The van der Waals surface area contributed by atoms with Gasteiger partial charge < -0.3 is 29.7 Å². The lowest BCUT2D eigenvalue weighted by Gasteiger charge is -2.29. The number of anilines is 1. The molecule has 4 amide bonds. The first-order valence-electron chi connectivity index (χ1n) is 15.1. The first kappa shape index (κ1) is 32.0. The van der Waals surface area contributed by atoms with Crippen LogP contribution in [-0.2, 0) is 30.4 Å². The molecule has 0 bridgehead atoms. The van der Waals surface area contributed by atoms with Gasteiger partial charge in [-0.25, -0.2) is 0 Å². The van der Waals surface area contributed by atoms with Crippen LogP contribution in [0.5, 0.6) is 5.75 Å². The van der Waals surface area contributed by atoms with E-state index in [1.54, 1.807) is 11.0 Å². The van der Waals surface area contributed by atoms with Crippen LogP contribution < -0.4 is 20.7 Å². The molecule has 11 nitrogen and oxygen atoms in total. The van der Waals surface area contributed by atoms with Crippen molar-refractivity contribution in [3.05, 3.63) is 59.2 Å². The van der Waals surface area contributed by atoms with Gasteiger partial charge in [0.1, 0.15) is 11.8 Å². The third-order valence-corrected chi connectivity index (χ3v) is 7.64. The van der Waals surface area contributed by atoms with Crippen molar-refractivity contribution in [1.82, 2.24) is 15.5 Å². The topological polar surface area (TPSA) is 135 Å². The number of hydrogen-bond donors (Lipinski definition) is 3. The highest BCUT2D eigenvalue weighted by Gasteiger charge is 2.39. The zero-order valence-corrected chi connectivity index (χ0v) is 24.8. The quantitative estimate of drug-likeness (QED) is 0.128. The SMILES string of the molecule is CC(NC=O)c1cccc(OCCCCCCOCCOCCNc2cccc3c2CN(C2CCC(=O)NC2=O)C3=O)c1. The van der Waals surface area contributed by atoms with Crippen LogP contribution in [0.2, 0.25) is 0 Å². The lowest BCUT2D eigenvalue weighted by molar-refractivity contribution is -0.136. The van der Waals surface area contributed by atoms with Crippen molar-refractivity contribution in [3.8, 4) is 5.75 Å². The van der Waals surface area contributed by atoms with Crippen LogP contribution in [0, 0.1) is 0 Å². The summed E-state index contributed by atoms with van der Waals surface area (Å²) in [6.45, 7) is 5.72. The molecule has 0 spiro atoms. The number of rotatable bonds is 19. The molecule has 0 radical (unpaired) electrons. The number of unbranched alkanes of at least 4 members (excludes halogenated alkanes) is 3. The van der Waals surface area contributed by atoms with Gasteiger partial charge in [0.25, 0.3) is 5.91 Å². The molecule has 2 aliphatic heterocycles. The van der Waals surface area contributed by atoms with Gasteiger partial charge in [-0.1, -0.05) is 24.6 Å². The third kappa shape index (κ3) is 9.26. The lowest BCUT2D eigenvalue weighted by atomic mass is 10.0. The molecule has 3 N–H and O–H groups in total. The fourth-order valence-corrected chi connectivity index (χ4v) is 5.25. The zero-order valence-electron chi connectivity index (χ0n) is 24.8. The monoisotopic (exact) mass is 594 g/mol. The molecule has 2 aromatic carbocycles. The number of imide groups is 1. The van der Waals surface area contributed by atoms with Crippen LogP contribution in [0.1, 0.15) is 73.0 Å². The molecule has 11 heteroatoms. The average molecular weight is 595 g/mol. The van der Waals surface area contributed by atoms with Crippen molar-refractivity contribution in [3.63, 3.8) is 0 Å². The molecule has 43 heavy (non-hydrogen) atoms. The summed E-state index contributed by atoms with van der Waals surface area (Å²) in [4.78, 5) is 48.9. The number of nitrogens with one attached hydrogen (secondary N) is 3. The maximum Gasteiger partial charge on any atom is 0.255 e. The molecule has 2 aromatic rings. The van der Waals surface area contributed by atoms with Crippen molar-refractivity contribution in [2.24, 2.45) is 0 Å². The van der Waals surface area contributed by atoms with E-state index >= 15 is 0 Å². The molecule has 0 saturated carbocycles. The van der Waals surface area contributed by atoms with E-state index < -0.39 is 11.9 Å². The molecule has 4 rings (SSSR count). The Balaban J connectivity index is 1.01. The fourth-order valence-electron chi connectivity index (χ4n) is 5.25. The first-order valence-corrected chi connectivity index (χ1v) is 15.1. The minimum Gasteiger partial charge on any atom is -0.494 e. The first-order chi connectivity index (χ1) is 21.0. The normalized spacial score (nSPS) is 16.9. The minimum atomic E-state index is -0.625. The molecular formula is C32H42N4O7. The van der Waals surface area contributed by atoms with Gasteiger partial charge >= 0.3 is 0 Å². The fraction of sp³-hybridized carbons (Fsp3) is 0.500. The number of fused-ring (bicyclic) bond motifs is 1. The number of amides is 4. The second-order valence-electron chi connectivity index (χ2n) is 10.7. The van der Waals surface area contributed by atoms with E-state index in [1.807, 2.05) is 43.3 Å². The molecule has 0 aromatic heterocycles. The van der Waals surface area contributed by atoms with Gasteiger partial charge in [-0.3, -0.25) is 24.5 Å². The number of hydrogen-bond acceptors (Lipinski definition) is 8. The van der Waals surface area contributed by atoms with Crippen LogP contribution >= 0.6 is 0 Å². The summed E-state index contributed by atoms with van der Waals surface area (Å²) < 4.78 is 17.2. The van der Waals surface area contributed by atoms with Crippen LogP contribution in [0.25, 0.3) is 0 Å². The van der Waals surface area contributed by atoms with Crippen molar-refractivity contribution in [2.75, 3.05) is 44.9 Å². The summed E-state index contributed by atoms with van der Waals surface area (Å²) in [6, 6.07) is 12.6.